The molecule has 0 aliphatic heterocycles. The van der Waals surface area contributed by atoms with Crippen LogP contribution in [0.1, 0.15) is 101 Å². The minimum atomic E-state index is -0.578. The van der Waals surface area contributed by atoms with E-state index in [1.165, 1.54) is 0 Å². The molecule has 0 spiro atoms. The van der Waals surface area contributed by atoms with Gasteiger partial charge in [-0.25, -0.2) is 0 Å². The van der Waals surface area contributed by atoms with Crippen LogP contribution in [0.3, 0.4) is 0 Å². The fraction of sp³-hybridized carbons (Fsp3) is 0.500. The molecule has 0 saturated carbocycles. The van der Waals surface area contributed by atoms with Crippen molar-refractivity contribution in [1.29, 1.82) is 0 Å². The van der Waals surface area contributed by atoms with E-state index in [0.29, 0.717) is 49.0 Å². The van der Waals surface area contributed by atoms with Gasteiger partial charge in [0.1, 0.15) is 12.5 Å². The third kappa shape index (κ3) is 13.2. The predicted octanol–water partition coefficient (Wildman–Crippen LogP) is 7.69. The van der Waals surface area contributed by atoms with Crippen molar-refractivity contribution in [2.75, 3.05) is 10.6 Å². The molecule has 0 heterocycles. The molecule has 2 atom stereocenters. The number of ketones is 1. The number of hydrogen-bond donors (Lipinski definition) is 2. The molecule has 2 N–H and O–H groups in total. The molecular weight excluding hydrogens is 528 g/mol. The molecule has 2 unspecified atom stereocenters. The number of amides is 2. The highest BCUT2D eigenvalue weighted by Crippen LogP contribution is 2.23. The van der Waals surface area contributed by atoms with E-state index in [4.69, 9.17) is 16.3 Å². The molecule has 40 heavy (non-hydrogen) atoms. The van der Waals surface area contributed by atoms with Crippen LogP contribution in [-0.4, -0.2) is 35.0 Å². The number of unbranched alkanes of at least 4 members (excludes halogenated alkanes) is 4. The van der Waals surface area contributed by atoms with E-state index in [0.717, 1.165) is 32.1 Å². The average Bonchev–Trinajstić information content (AvgIpc) is 2.92. The molecule has 0 fully saturated rings. The summed E-state index contributed by atoms with van der Waals surface area (Å²) in [6.45, 7) is 4.08. The molecule has 2 aromatic rings. The van der Waals surface area contributed by atoms with Crippen LogP contribution in [-0.2, 0) is 19.1 Å². The third-order valence-corrected chi connectivity index (χ3v) is 6.85. The van der Waals surface area contributed by atoms with Crippen LogP contribution in [0.5, 0.6) is 0 Å². The normalized spacial score (nSPS) is 12.3. The highest BCUT2D eigenvalue weighted by molar-refractivity contribution is 6.22. The van der Waals surface area contributed by atoms with E-state index < -0.39 is 17.3 Å². The van der Waals surface area contributed by atoms with Crippen molar-refractivity contribution in [3.05, 3.63) is 60.2 Å². The predicted molar refractivity (Wildman–Crippen MR) is 161 cm³/mol. The zero-order valence-corrected chi connectivity index (χ0v) is 24.5. The lowest BCUT2D eigenvalue weighted by Gasteiger charge is -2.20. The Hall–Kier alpha value is -3.19. The van der Waals surface area contributed by atoms with Crippen LogP contribution in [0.15, 0.2) is 54.6 Å². The van der Waals surface area contributed by atoms with Gasteiger partial charge in [-0.15, -0.1) is 11.6 Å². The van der Waals surface area contributed by atoms with E-state index in [1.807, 2.05) is 13.0 Å². The fourth-order valence-electron chi connectivity index (χ4n) is 4.38. The maximum Gasteiger partial charge on any atom is 0.315 e. The van der Waals surface area contributed by atoms with Crippen LogP contribution in [0.2, 0.25) is 0 Å². The Morgan fingerprint density at radius 1 is 0.775 bits per heavy atom. The summed E-state index contributed by atoms with van der Waals surface area (Å²) in [7, 11) is 0. The number of anilines is 2. The van der Waals surface area contributed by atoms with E-state index in [9.17, 15) is 19.2 Å². The van der Waals surface area contributed by atoms with Gasteiger partial charge in [0.2, 0.25) is 11.8 Å². The van der Waals surface area contributed by atoms with Crippen molar-refractivity contribution in [2.24, 2.45) is 0 Å². The van der Waals surface area contributed by atoms with Crippen molar-refractivity contribution in [2.45, 2.75) is 102 Å². The van der Waals surface area contributed by atoms with Crippen molar-refractivity contribution >= 4 is 46.5 Å². The van der Waals surface area contributed by atoms with Gasteiger partial charge < -0.3 is 15.4 Å². The molecule has 8 heteroatoms. The number of halogens is 1. The number of nitrogens with one attached hydrogen (secondary N) is 2. The quantitative estimate of drug-likeness (QED) is 0.0592. The van der Waals surface area contributed by atoms with Crippen LogP contribution in [0.4, 0.5) is 11.4 Å². The minimum absolute atomic E-state index is 0.0961. The first-order valence-corrected chi connectivity index (χ1v) is 14.9. The fourth-order valence-corrected chi connectivity index (χ4v) is 4.64. The molecule has 2 rings (SSSR count). The number of rotatable bonds is 19. The number of benzene rings is 2. The first-order valence-electron chi connectivity index (χ1n) is 14.4. The number of alkyl halides is 1. The lowest BCUT2D eigenvalue weighted by atomic mass is 9.99. The SMILES string of the molecule is CCCCCCCC(CCC(Cl)CC(=O)c1ccccc1NC(=O)CCC)OC(=O)CC(=O)Nc1ccccc1. The lowest BCUT2D eigenvalue weighted by Crippen LogP contribution is -2.24. The molecule has 7 nitrogen and oxygen atoms in total. The summed E-state index contributed by atoms with van der Waals surface area (Å²) >= 11 is 6.58. The second kappa shape index (κ2) is 19.0. The maximum absolute atomic E-state index is 13.0. The molecule has 2 amide bonds. The van der Waals surface area contributed by atoms with E-state index in [-0.39, 0.29) is 30.6 Å². The van der Waals surface area contributed by atoms with Crippen LogP contribution in [0, 0.1) is 0 Å². The summed E-state index contributed by atoms with van der Waals surface area (Å²) in [6, 6.07) is 15.9. The number of carbonyl (C=O) groups excluding carboxylic acids is 4. The largest absolute Gasteiger partial charge is 0.462 e. The molecule has 0 aromatic heterocycles. The van der Waals surface area contributed by atoms with Gasteiger partial charge in [0.15, 0.2) is 5.78 Å². The van der Waals surface area contributed by atoms with E-state index in [2.05, 4.69) is 17.6 Å². The zero-order chi connectivity index (χ0) is 29.2. The van der Waals surface area contributed by atoms with Crippen molar-refractivity contribution in [3.63, 3.8) is 0 Å². The summed E-state index contributed by atoms with van der Waals surface area (Å²) in [6.07, 6.45) is 7.47. The Labute approximate surface area is 243 Å². The van der Waals surface area contributed by atoms with Gasteiger partial charge in [-0.3, -0.25) is 19.2 Å². The summed E-state index contributed by atoms with van der Waals surface area (Å²) in [5.41, 5.74) is 1.54. The number of Topliss-reactive ketones (excluding diaryl/α,β-unsaturated/α-hetero) is 1. The molecule has 0 aliphatic rings. The smallest absolute Gasteiger partial charge is 0.315 e. The van der Waals surface area contributed by atoms with Gasteiger partial charge in [-0.05, 0) is 56.4 Å². The molecule has 2 aromatic carbocycles. The highest BCUT2D eigenvalue weighted by atomic mass is 35.5. The molecule has 0 bridgehead atoms. The monoisotopic (exact) mass is 570 g/mol. The summed E-state index contributed by atoms with van der Waals surface area (Å²) in [5.74, 6) is -1.29. The Balaban J connectivity index is 1.91. The van der Waals surface area contributed by atoms with Crippen molar-refractivity contribution in [1.82, 2.24) is 0 Å². The minimum Gasteiger partial charge on any atom is -0.462 e. The van der Waals surface area contributed by atoms with Crippen LogP contribution in [0.25, 0.3) is 0 Å². The molecular formula is C32H43ClN2O5. The second-order valence-electron chi connectivity index (χ2n) is 10.1. The third-order valence-electron chi connectivity index (χ3n) is 6.48. The van der Waals surface area contributed by atoms with Gasteiger partial charge in [-0.2, -0.15) is 0 Å². The lowest BCUT2D eigenvalue weighted by molar-refractivity contribution is -0.151. The second-order valence-corrected chi connectivity index (χ2v) is 10.7. The zero-order valence-electron chi connectivity index (χ0n) is 23.8. The number of esters is 1. The standard InChI is InChI=1S/C32H43ClN2O5/c1-3-5-6-7-11-17-26(40-32(39)23-31(38)34-25-15-9-8-10-16-25)21-20-24(33)22-29(36)27-18-12-13-19-28(27)35-30(37)14-4-2/h8-10,12-13,15-16,18-19,24,26H,3-7,11,14,17,20-23H2,1-2H3,(H,34,38)(H,35,37). The van der Waals surface area contributed by atoms with Gasteiger partial charge >= 0.3 is 5.97 Å². The van der Waals surface area contributed by atoms with Gasteiger partial charge in [0.05, 0.1) is 5.69 Å². The topological polar surface area (TPSA) is 102 Å². The Morgan fingerprint density at radius 3 is 2.20 bits per heavy atom. The Bertz CT molecular complexity index is 1080. The number of carbonyl (C=O) groups is 4. The summed E-state index contributed by atoms with van der Waals surface area (Å²) in [4.78, 5) is 49.9. The summed E-state index contributed by atoms with van der Waals surface area (Å²) in [5, 5.41) is 5.05. The van der Waals surface area contributed by atoms with Crippen LogP contribution >= 0.6 is 11.6 Å². The van der Waals surface area contributed by atoms with E-state index in [1.54, 1.807) is 48.5 Å². The Kier molecular flexibility index (Phi) is 15.7. The summed E-state index contributed by atoms with van der Waals surface area (Å²) < 4.78 is 5.70. The van der Waals surface area contributed by atoms with Crippen LogP contribution < -0.4 is 10.6 Å². The van der Waals surface area contributed by atoms with Crippen molar-refractivity contribution < 1.29 is 23.9 Å². The number of hydrogen-bond acceptors (Lipinski definition) is 5. The van der Waals surface area contributed by atoms with Gasteiger partial charge in [0, 0.05) is 29.5 Å². The maximum atomic E-state index is 13.0. The van der Waals surface area contributed by atoms with Crippen molar-refractivity contribution in [3.8, 4) is 0 Å². The number of ether oxygens (including phenoxy) is 1. The van der Waals surface area contributed by atoms with Gasteiger partial charge in [0.25, 0.3) is 0 Å². The highest BCUT2D eigenvalue weighted by Gasteiger charge is 2.21. The first-order chi connectivity index (χ1) is 19.3. The molecule has 0 radical (unpaired) electrons. The first kappa shape index (κ1) is 33.0. The number of para-hydroxylation sites is 2. The molecule has 0 saturated heterocycles. The molecule has 218 valence electrons. The molecule has 0 aliphatic carbocycles. The average molecular weight is 571 g/mol. The van der Waals surface area contributed by atoms with E-state index >= 15 is 0 Å². The Morgan fingerprint density at radius 2 is 1.48 bits per heavy atom. The van der Waals surface area contributed by atoms with Gasteiger partial charge in [-0.1, -0.05) is 69.9 Å².